The van der Waals surface area contributed by atoms with Crippen molar-refractivity contribution in [2.24, 2.45) is 0 Å². The van der Waals surface area contributed by atoms with Crippen molar-refractivity contribution in [3.63, 3.8) is 0 Å². The summed E-state index contributed by atoms with van der Waals surface area (Å²) in [6, 6.07) is 5.51. The largest absolute Gasteiger partial charge is 0.416 e. The van der Waals surface area contributed by atoms with E-state index in [4.69, 9.17) is 0 Å². The molecule has 1 aromatic carbocycles. The maximum Gasteiger partial charge on any atom is 0.416 e. The molecule has 0 saturated carbocycles. The number of hydrogen-bond acceptors (Lipinski definition) is 1. The molecule has 1 heterocycles. The lowest BCUT2D eigenvalue weighted by Crippen LogP contribution is -2.40. The summed E-state index contributed by atoms with van der Waals surface area (Å²) < 4.78 is 37.5. The minimum Gasteiger partial charge on any atom is -0.366 e. The number of alkyl halides is 3. The zero-order valence-corrected chi connectivity index (χ0v) is 10.7. The first kappa shape index (κ1) is 13.2. The van der Waals surface area contributed by atoms with E-state index < -0.39 is 11.7 Å². The highest BCUT2D eigenvalue weighted by Gasteiger charge is 2.35. The van der Waals surface area contributed by atoms with E-state index in [9.17, 15) is 13.2 Å². The minimum atomic E-state index is -4.25. The Morgan fingerprint density at radius 3 is 2.33 bits per heavy atom. The van der Waals surface area contributed by atoms with Gasteiger partial charge < -0.3 is 4.90 Å². The smallest absolute Gasteiger partial charge is 0.366 e. The van der Waals surface area contributed by atoms with Crippen molar-refractivity contribution in [1.82, 2.24) is 0 Å². The quantitative estimate of drug-likeness (QED) is 0.755. The van der Waals surface area contributed by atoms with Gasteiger partial charge in [-0.1, -0.05) is 6.92 Å². The molecule has 1 fully saturated rings. The fourth-order valence-corrected chi connectivity index (χ4v) is 2.66. The normalized spacial score (nSPS) is 24.6. The Bertz CT molecular complexity index is 410. The van der Waals surface area contributed by atoms with E-state index in [1.54, 1.807) is 12.1 Å². The molecule has 0 spiro atoms. The van der Waals surface area contributed by atoms with Crippen molar-refractivity contribution < 1.29 is 13.2 Å². The predicted molar refractivity (Wildman–Crippen MR) is 66.7 cm³/mol. The standard InChI is InChI=1S/C14H18F3N/c1-3-13(2)9-4-10-18(13)12-7-5-11(6-8-12)14(15,16)17/h5-8H,3-4,9-10H2,1-2H3/t13-/m1/s1. The molecule has 18 heavy (non-hydrogen) atoms. The van der Waals surface area contributed by atoms with Gasteiger partial charge >= 0.3 is 6.18 Å². The highest BCUT2D eigenvalue weighted by atomic mass is 19.4. The molecule has 1 aliphatic rings. The van der Waals surface area contributed by atoms with Crippen LogP contribution < -0.4 is 4.90 Å². The van der Waals surface area contributed by atoms with Gasteiger partial charge in [0.05, 0.1) is 5.56 Å². The molecule has 1 nitrogen and oxygen atoms in total. The first-order valence-electron chi connectivity index (χ1n) is 6.32. The minimum absolute atomic E-state index is 0.0831. The van der Waals surface area contributed by atoms with Crippen LogP contribution in [-0.4, -0.2) is 12.1 Å². The lowest BCUT2D eigenvalue weighted by atomic mass is 9.95. The third-order valence-corrected chi connectivity index (χ3v) is 4.02. The third kappa shape index (κ3) is 2.33. The summed E-state index contributed by atoms with van der Waals surface area (Å²) in [4.78, 5) is 2.23. The molecule has 1 atom stereocenters. The molecule has 0 amide bonds. The molecule has 0 unspecified atom stereocenters. The van der Waals surface area contributed by atoms with Crippen LogP contribution in [0.1, 0.15) is 38.7 Å². The molecule has 0 radical (unpaired) electrons. The van der Waals surface area contributed by atoms with Crippen LogP contribution in [0.4, 0.5) is 18.9 Å². The van der Waals surface area contributed by atoms with Crippen LogP contribution in [0.3, 0.4) is 0 Å². The molecule has 0 N–H and O–H groups in total. The maximum absolute atomic E-state index is 12.5. The van der Waals surface area contributed by atoms with E-state index in [0.717, 1.165) is 31.5 Å². The van der Waals surface area contributed by atoms with Gasteiger partial charge in [0.2, 0.25) is 0 Å². The number of anilines is 1. The topological polar surface area (TPSA) is 3.24 Å². The molecule has 1 aliphatic heterocycles. The average Bonchev–Trinajstić information content (AvgIpc) is 2.71. The van der Waals surface area contributed by atoms with Gasteiger partial charge in [-0.25, -0.2) is 0 Å². The van der Waals surface area contributed by atoms with E-state index >= 15 is 0 Å². The van der Waals surface area contributed by atoms with Crippen LogP contribution in [0.25, 0.3) is 0 Å². The highest BCUT2D eigenvalue weighted by molar-refractivity contribution is 5.51. The van der Waals surface area contributed by atoms with Gasteiger partial charge in [-0.2, -0.15) is 13.2 Å². The summed E-state index contributed by atoms with van der Waals surface area (Å²) in [5.41, 5.74) is 0.397. The highest BCUT2D eigenvalue weighted by Crippen LogP contribution is 2.37. The number of hydrogen-bond donors (Lipinski definition) is 0. The number of nitrogens with zero attached hydrogens (tertiary/aromatic N) is 1. The molecular formula is C14H18F3N. The molecule has 0 aliphatic carbocycles. The van der Waals surface area contributed by atoms with Crippen LogP contribution in [0.15, 0.2) is 24.3 Å². The van der Waals surface area contributed by atoms with Crippen molar-refractivity contribution in [2.75, 3.05) is 11.4 Å². The molecule has 0 bridgehead atoms. The number of benzene rings is 1. The average molecular weight is 257 g/mol. The van der Waals surface area contributed by atoms with Gasteiger partial charge in [0.1, 0.15) is 0 Å². The van der Waals surface area contributed by atoms with Gasteiger partial charge in [0, 0.05) is 17.8 Å². The fraction of sp³-hybridized carbons (Fsp3) is 0.571. The number of rotatable bonds is 2. The van der Waals surface area contributed by atoms with Gasteiger partial charge in [0.15, 0.2) is 0 Å². The Balaban J connectivity index is 2.25. The van der Waals surface area contributed by atoms with Crippen molar-refractivity contribution in [1.29, 1.82) is 0 Å². The van der Waals surface area contributed by atoms with E-state index in [1.165, 1.54) is 12.1 Å². The van der Waals surface area contributed by atoms with Crippen molar-refractivity contribution >= 4 is 5.69 Å². The molecule has 1 saturated heterocycles. The Hall–Kier alpha value is -1.19. The summed E-state index contributed by atoms with van der Waals surface area (Å²) in [5.74, 6) is 0. The zero-order chi connectivity index (χ0) is 13.4. The second-order valence-corrected chi connectivity index (χ2v) is 5.15. The van der Waals surface area contributed by atoms with Crippen molar-refractivity contribution in [3.8, 4) is 0 Å². The second-order valence-electron chi connectivity index (χ2n) is 5.15. The molecule has 1 aromatic rings. The van der Waals surface area contributed by atoms with E-state index in [2.05, 4.69) is 18.7 Å². The molecule has 0 aromatic heterocycles. The van der Waals surface area contributed by atoms with Gasteiger partial charge in [0.25, 0.3) is 0 Å². The van der Waals surface area contributed by atoms with Gasteiger partial charge in [-0.05, 0) is 50.5 Å². The summed E-state index contributed by atoms with van der Waals surface area (Å²) >= 11 is 0. The van der Waals surface area contributed by atoms with Crippen LogP contribution in [0, 0.1) is 0 Å². The zero-order valence-electron chi connectivity index (χ0n) is 10.7. The van der Waals surface area contributed by atoms with Gasteiger partial charge in [-0.3, -0.25) is 0 Å². The molecule has 2 rings (SSSR count). The summed E-state index contributed by atoms with van der Waals surface area (Å²) in [6.45, 7) is 5.23. The Kier molecular flexibility index (Phi) is 3.30. The Morgan fingerprint density at radius 2 is 1.83 bits per heavy atom. The predicted octanol–water partition coefficient (Wildman–Crippen LogP) is 4.47. The van der Waals surface area contributed by atoms with Crippen LogP contribution >= 0.6 is 0 Å². The van der Waals surface area contributed by atoms with Gasteiger partial charge in [-0.15, -0.1) is 0 Å². The molecule has 4 heteroatoms. The summed E-state index contributed by atoms with van der Waals surface area (Å²) in [5, 5.41) is 0. The maximum atomic E-state index is 12.5. The lowest BCUT2D eigenvalue weighted by molar-refractivity contribution is -0.137. The second kappa shape index (κ2) is 4.48. The Morgan fingerprint density at radius 1 is 1.22 bits per heavy atom. The molecule has 100 valence electrons. The summed E-state index contributed by atoms with van der Waals surface area (Å²) in [6.07, 6.45) is -1.04. The van der Waals surface area contributed by atoms with Crippen LogP contribution in [0.2, 0.25) is 0 Å². The van der Waals surface area contributed by atoms with E-state index in [-0.39, 0.29) is 5.54 Å². The Labute approximate surface area is 106 Å². The first-order valence-corrected chi connectivity index (χ1v) is 6.32. The summed E-state index contributed by atoms with van der Waals surface area (Å²) in [7, 11) is 0. The fourth-order valence-electron chi connectivity index (χ4n) is 2.66. The van der Waals surface area contributed by atoms with E-state index in [0.29, 0.717) is 0 Å². The van der Waals surface area contributed by atoms with Crippen molar-refractivity contribution in [3.05, 3.63) is 29.8 Å². The monoisotopic (exact) mass is 257 g/mol. The SMILES string of the molecule is CC[C@]1(C)CCCN1c1ccc(C(F)(F)F)cc1. The third-order valence-electron chi connectivity index (χ3n) is 4.02. The van der Waals surface area contributed by atoms with Crippen LogP contribution in [-0.2, 0) is 6.18 Å². The molecular weight excluding hydrogens is 239 g/mol. The lowest BCUT2D eigenvalue weighted by Gasteiger charge is -2.36. The first-order chi connectivity index (χ1) is 8.37. The van der Waals surface area contributed by atoms with Crippen molar-refractivity contribution in [2.45, 2.75) is 44.8 Å². The number of halogens is 3. The van der Waals surface area contributed by atoms with E-state index in [1.807, 2.05) is 0 Å². The van der Waals surface area contributed by atoms with Crippen LogP contribution in [0.5, 0.6) is 0 Å².